The van der Waals surface area contributed by atoms with E-state index in [1.807, 2.05) is 18.2 Å². The summed E-state index contributed by atoms with van der Waals surface area (Å²) in [4.78, 5) is 24.5. The minimum atomic E-state index is -0.371. The monoisotopic (exact) mass is 407 g/mol. The van der Waals surface area contributed by atoms with Gasteiger partial charge in [-0.15, -0.1) is 0 Å². The maximum atomic E-state index is 12.2. The largest absolute Gasteiger partial charge is 0.496 e. The van der Waals surface area contributed by atoms with Crippen LogP contribution in [0.15, 0.2) is 77.9 Å². The molecule has 2 amide bonds. The van der Waals surface area contributed by atoms with Crippen molar-refractivity contribution in [3.05, 3.63) is 94.5 Å². The zero-order valence-electron chi connectivity index (χ0n) is 15.6. The number of rotatable bonds is 6. The number of anilines is 1. The standard InChI is InChI=1S/C22H18ClN3O3/c1-29-20-8-3-2-5-17(20)14-24-26-22(28)15-9-11-19(12-10-15)25-21(27)16-6-4-7-18(23)13-16/h2-14H,1H3,(H,25,27)(H,26,28)/b24-14-. The lowest BCUT2D eigenvalue weighted by Gasteiger charge is -2.07. The molecule has 0 fully saturated rings. The third-order valence-corrected chi connectivity index (χ3v) is 4.24. The summed E-state index contributed by atoms with van der Waals surface area (Å²) >= 11 is 5.90. The van der Waals surface area contributed by atoms with Crippen molar-refractivity contribution in [1.29, 1.82) is 0 Å². The Labute approximate surface area is 173 Å². The first kappa shape index (κ1) is 20.1. The van der Waals surface area contributed by atoms with Gasteiger partial charge in [0, 0.05) is 27.4 Å². The molecular formula is C22H18ClN3O3. The van der Waals surface area contributed by atoms with Gasteiger partial charge in [0.15, 0.2) is 0 Å². The molecule has 0 spiro atoms. The Hall–Kier alpha value is -3.64. The van der Waals surface area contributed by atoms with Crippen LogP contribution in [0, 0.1) is 0 Å². The summed E-state index contributed by atoms with van der Waals surface area (Å²) in [6, 6.07) is 20.5. The van der Waals surface area contributed by atoms with Crippen molar-refractivity contribution in [3.8, 4) is 5.75 Å². The molecule has 146 valence electrons. The van der Waals surface area contributed by atoms with E-state index in [4.69, 9.17) is 16.3 Å². The molecule has 0 aliphatic heterocycles. The molecule has 0 saturated carbocycles. The van der Waals surface area contributed by atoms with E-state index >= 15 is 0 Å². The molecule has 3 rings (SSSR count). The molecule has 3 aromatic carbocycles. The minimum Gasteiger partial charge on any atom is -0.496 e. The first-order valence-corrected chi connectivity index (χ1v) is 9.08. The maximum Gasteiger partial charge on any atom is 0.271 e. The molecule has 29 heavy (non-hydrogen) atoms. The number of para-hydroxylation sites is 1. The third kappa shape index (κ3) is 5.43. The van der Waals surface area contributed by atoms with Gasteiger partial charge in [0.2, 0.25) is 0 Å². The van der Waals surface area contributed by atoms with Crippen LogP contribution in [-0.4, -0.2) is 25.1 Å². The van der Waals surface area contributed by atoms with Crippen LogP contribution in [0.25, 0.3) is 0 Å². The quantitative estimate of drug-likeness (QED) is 0.470. The lowest BCUT2D eigenvalue weighted by Crippen LogP contribution is -2.18. The Balaban J connectivity index is 1.60. The molecule has 2 N–H and O–H groups in total. The number of carbonyl (C=O) groups is 2. The van der Waals surface area contributed by atoms with Crippen LogP contribution in [0.2, 0.25) is 5.02 Å². The van der Waals surface area contributed by atoms with Gasteiger partial charge >= 0.3 is 0 Å². The van der Waals surface area contributed by atoms with Gasteiger partial charge in [0.25, 0.3) is 11.8 Å². The number of ether oxygens (including phenoxy) is 1. The highest BCUT2D eigenvalue weighted by Gasteiger charge is 2.08. The molecule has 3 aromatic rings. The molecule has 0 saturated heterocycles. The minimum absolute atomic E-state index is 0.286. The van der Waals surface area contributed by atoms with E-state index in [1.165, 1.54) is 6.21 Å². The first-order valence-electron chi connectivity index (χ1n) is 8.70. The molecule has 0 aliphatic carbocycles. The Morgan fingerprint density at radius 3 is 2.41 bits per heavy atom. The molecular weight excluding hydrogens is 390 g/mol. The lowest BCUT2D eigenvalue weighted by molar-refractivity contribution is 0.0954. The number of hydrogen-bond acceptors (Lipinski definition) is 4. The summed E-state index contributed by atoms with van der Waals surface area (Å²) in [7, 11) is 1.57. The van der Waals surface area contributed by atoms with Crippen molar-refractivity contribution in [3.63, 3.8) is 0 Å². The molecule has 0 aromatic heterocycles. The fourth-order valence-electron chi connectivity index (χ4n) is 2.54. The number of nitrogens with zero attached hydrogens (tertiary/aromatic N) is 1. The number of benzene rings is 3. The van der Waals surface area contributed by atoms with Crippen molar-refractivity contribution in [1.82, 2.24) is 5.43 Å². The molecule has 0 atom stereocenters. The van der Waals surface area contributed by atoms with Crippen molar-refractivity contribution in [2.24, 2.45) is 5.10 Å². The van der Waals surface area contributed by atoms with Crippen molar-refractivity contribution in [2.75, 3.05) is 12.4 Å². The number of carbonyl (C=O) groups excluding carboxylic acids is 2. The summed E-state index contributed by atoms with van der Waals surface area (Å²) < 4.78 is 5.23. The van der Waals surface area contributed by atoms with Crippen molar-refractivity contribution in [2.45, 2.75) is 0 Å². The van der Waals surface area contributed by atoms with Gasteiger partial charge in [0.05, 0.1) is 13.3 Å². The second-order valence-corrected chi connectivity index (χ2v) is 6.42. The molecule has 7 heteroatoms. The SMILES string of the molecule is COc1ccccc1/C=N\NC(=O)c1ccc(NC(=O)c2cccc(Cl)c2)cc1. The van der Waals surface area contributed by atoms with E-state index in [0.29, 0.717) is 27.6 Å². The summed E-state index contributed by atoms with van der Waals surface area (Å²) in [5.74, 6) is 0.000252. The fraction of sp³-hybridized carbons (Fsp3) is 0.0455. The molecule has 0 aliphatic rings. The highest BCUT2D eigenvalue weighted by Crippen LogP contribution is 2.16. The lowest BCUT2D eigenvalue weighted by atomic mass is 10.1. The van der Waals surface area contributed by atoms with E-state index in [-0.39, 0.29) is 11.8 Å². The Morgan fingerprint density at radius 1 is 0.931 bits per heavy atom. The predicted octanol–water partition coefficient (Wildman–Crippen LogP) is 4.36. The summed E-state index contributed by atoms with van der Waals surface area (Å²) in [6.07, 6.45) is 1.51. The van der Waals surface area contributed by atoms with Crippen LogP contribution in [-0.2, 0) is 0 Å². The van der Waals surface area contributed by atoms with E-state index in [0.717, 1.165) is 5.56 Å². The Kier molecular flexibility index (Phi) is 6.60. The normalized spacial score (nSPS) is 10.6. The number of methoxy groups -OCH3 is 1. The average Bonchev–Trinajstić information content (AvgIpc) is 2.74. The van der Waals surface area contributed by atoms with Crippen LogP contribution in [0.3, 0.4) is 0 Å². The van der Waals surface area contributed by atoms with Gasteiger partial charge in [-0.1, -0.05) is 29.8 Å². The van der Waals surface area contributed by atoms with Crippen LogP contribution in [0.1, 0.15) is 26.3 Å². The van der Waals surface area contributed by atoms with Crippen LogP contribution < -0.4 is 15.5 Å². The van der Waals surface area contributed by atoms with Gasteiger partial charge in [-0.2, -0.15) is 5.10 Å². The zero-order chi connectivity index (χ0) is 20.6. The molecule has 0 heterocycles. The summed E-state index contributed by atoms with van der Waals surface area (Å²) in [5, 5.41) is 7.20. The highest BCUT2D eigenvalue weighted by atomic mass is 35.5. The van der Waals surface area contributed by atoms with Gasteiger partial charge in [-0.25, -0.2) is 5.43 Å². The van der Waals surface area contributed by atoms with Crippen LogP contribution in [0.5, 0.6) is 5.75 Å². The molecule has 0 unspecified atom stereocenters. The smallest absolute Gasteiger partial charge is 0.271 e. The van der Waals surface area contributed by atoms with Gasteiger partial charge in [0.1, 0.15) is 5.75 Å². The topological polar surface area (TPSA) is 79.8 Å². The zero-order valence-corrected chi connectivity index (χ0v) is 16.3. The fourth-order valence-corrected chi connectivity index (χ4v) is 2.73. The number of nitrogens with one attached hydrogen (secondary N) is 2. The van der Waals surface area contributed by atoms with Gasteiger partial charge in [-0.05, 0) is 54.6 Å². The average molecular weight is 408 g/mol. The van der Waals surface area contributed by atoms with E-state index in [1.54, 1.807) is 61.7 Å². The number of amides is 2. The number of halogens is 1. The second kappa shape index (κ2) is 9.52. The second-order valence-electron chi connectivity index (χ2n) is 5.98. The highest BCUT2D eigenvalue weighted by molar-refractivity contribution is 6.31. The molecule has 0 bridgehead atoms. The van der Waals surface area contributed by atoms with E-state index < -0.39 is 0 Å². The third-order valence-electron chi connectivity index (χ3n) is 4.00. The molecule has 0 radical (unpaired) electrons. The van der Waals surface area contributed by atoms with Crippen molar-refractivity contribution < 1.29 is 14.3 Å². The first-order chi connectivity index (χ1) is 14.1. The maximum absolute atomic E-state index is 12.2. The van der Waals surface area contributed by atoms with E-state index in [9.17, 15) is 9.59 Å². The van der Waals surface area contributed by atoms with Gasteiger partial charge < -0.3 is 10.1 Å². The summed E-state index contributed by atoms with van der Waals surface area (Å²) in [5.41, 5.74) is 4.62. The Morgan fingerprint density at radius 2 is 1.69 bits per heavy atom. The molecule has 6 nitrogen and oxygen atoms in total. The number of hydrogen-bond donors (Lipinski definition) is 2. The van der Waals surface area contributed by atoms with Gasteiger partial charge in [-0.3, -0.25) is 9.59 Å². The van der Waals surface area contributed by atoms with Crippen LogP contribution >= 0.6 is 11.6 Å². The number of hydrazone groups is 1. The van der Waals surface area contributed by atoms with E-state index in [2.05, 4.69) is 15.8 Å². The van der Waals surface area contributed by atoms with Crippen LogP contribution in [0.4, 0.5) is 5.69 Å². The van der Waals surface area contributed by atoms with Crippen molar-refractivity contribution >= 4 is 35.3 Å². The Bertz CT molecular complexity index is 1050. The predicted molar refractivity (Wildman–Crippen MR) is 114 cm³/mol. The summed E-state index contributed by atoms with van der Waals surface area (Å²) in [6.45, 7) is 0.